The Bertz CT molecular complexity index is 1780. The van der Waals surface area contributed by atoms with Gasteiger partial charge in [-0.3, -0.25) is 14.5 Å². The first-order valence-electron chi connectivity index (χ1n) is 12.7. The molecule has 2 heterocycles. The van der Waals surface area contributed by atoms with E-state index in [0.717, 1.165) is 14.5 Å². The van der Waals surface area contributed by atoms with Crippen LogP contribution in [-0.2, 0) is 6.61 Å². The van der Waals surface area contributed by atoms with Crippen LogP contribution in [0.15, 0.2) is 109 Å². The van der Waals surface area contributed by atoms with Crippen molar-refractivity contribution in [2.75, 3.05) is 11.5 Å². The van der Waals surface area contributed by atoms with Crippen LogP contribution in [0.1, 0.15) is 40.2 Å². The Morgan fingerprint density at radius 3 is 2.33 bits per heavy atom. The third-order valence-electron chi connectivity index (χ3n) is 6.76. The summed E-state index contributed by atoms with van der Waals surface area (Å²) in [6.07, 6.45) is 0. The molecule has 0 radical (unpaired) electrons. The summed E-state index contributed by atoms with van der Waals surface area (Å²) in [4.78, 5) is 29.4. The van der Waals surface area contributed by atoms with E-state index in [0.29, 0.717) is 52.5 Å². The van der Waals surface area contributed by atoms with Crippen molar-refractivity contribution in [1.82, 2.24) is 0 Å². The first kappa shape index (κ1) is 26.3. The second kappa shape index (κ2) is 10.9. The van der Waals surface area contributed by atoms with Gasteiger partial charge in [0.05, 0.1) is 23.6 Å². The maximum Gasteiger partial charge on any atom is 0.295 e. The Morgan fingerprint density at radius 2 is 1.57 bits per heavy atom. The Balaban J connectivity index is 1.50. The van der Waals surface area contributed by atoms with E-state index in [1.54, 1.807) is 23.1 Å². The summed E-state index contributed by atoms with van der Waals surface area (Å²) in [5, 5.41) is 0.399. The zero-order chi connectivity index (χ0) is 27.8. The summed E-state index contributed by atoms with van der Waals surface area (Å²) in [6.45, 7) is 2.69. The highest BCUT2D eigenvalue weighted by molar-refractivity contribution is 9.10. The summed E-state index contributed by atoms with van der Waals surface area (Å²) in [5.41, 5.74) is 2.76. The van der Waals surface area contributed by atoms with Crippen molar-refractivity contribution in [3.05, 3.63) is 133 Å². The Labute approximate surface area is 247 Å². The molecule has 4 aromatic carbocycles. The summed E-state index contributed by atoms with van der Waals surface area (Å²) in [6, 6.07) is 27.3. The van der Waals surface area contributed by atoms with Crippen molar-refractivity contribution in [1.29, 1.82) is 0 Å². The van der Waals surface area contributed by atoms with Gasteiger partial charge in [-0.25, -0.2) is 0 Å². The van der Waals surface area contributed by atoms with Crippen molar-refractivity contribution in [3.8, 4) is 11.5 Å². The number of rotatable bonds is 7. The molecule has 0 saturated carbocycles. The van der Waals surface area contributed by atoms with Gasteiger partial charge >= 0.3 is 0 Å². The second-order valence-corrected chi connectivity index (χ2v) is 11.1. The van der Waals surface area contributed by atoms with E-state index in [-0.39, 0.29) is 17.1 Å². The van der Waals surface area contributed by atoms with Gasteiger partial charge in [0.1, 0.15) is 12.2 Å². The molecule has 0 aliphatic carbocycles. The lowest BCUT2D eigenvalue weighted by Crippen LogP contribution is -2.29. The van der Waals surface area contributed by atoms with Gasteiger partial charge in [0.2, 0.25) is 5.76 Å². The third-order valence-corrected chi connectivity index (χ3v) is 7.78. The number of carbonyl (C=O) groups is 1. The normalized spacial score (nSPS) is 14.4. The molecular weight excluding hydrogens is 638 g/mol. The summed E-state index contributed by atoms with van der Waals surface area (Å²) in [7, 11) is 0. The molecule has 0 saturated heterocycles. The molecule has 1 aromatic heterocycles. The number of hydrogen-bond acceptors (Lipinski definition) is 5. The maximum absolute atomic E-state index is 13.9. The number of anilines is 1. The number of amides is 1. The van der Waals surface area contributed by atoms with Crippen molar-refractivity contribution in [3.63, 3.8) is 0 Å². The molecule has 1 amide bonds. The second-order valence-electron chi connectivity index (χ2n) is 9.28. The fourth-order valence-electron chi connectivity index (χ4n) is 4.95. The molecule has 8 heteroatoms. The molecule has 5 aromatic rings. The summed E-state index contributed by atoms with van der Waals surface area (Å²) < 4.78 is 19.8. The van der Waals surface area contributed by atoms with Crippen LogP contribution < -0.4 is 19.8 Å². The third kappa shape index (κ3) is 4.82. The molecule has 0 spiro atoms. The smallest absolute Gasteiger partial charge is 0.295 e. The molecule has 1 aliphatic heterocycles. The molecule has 1 atom stereocenters. The largest absolute Gasteiger partial charge is 0.490 e. The topological polar surface area (TPSA) is 69.0 Å². The van der Waals surface area contributed by atoms with E-state index < -0.39 is 6.04 Å². The van der Waals surface area contributed by atoms with Crippen LogP contribution in [0.3, 0.4) is 0 Å². The van der Waals surface area contributed by atoms with Crippen molar-refractivity contribution in [2.45, 2.75) is 19.6 Å². The van der Waals surface area contributed by atoms with Crippen LogP contribution in [0.25, 0.3) is 11.0 Å². The van der Waals surface area contributed by atoms with Crippen LogP contribution in [0.5, 0.6) is 11.5 Å². The molecule has 1 aliphatic rings. The average Bonchev–Trinajstić information content (AvgIpc) is 3.26. The highest BCUT2D eigenvalue weighted by atomic mass is 79.9. The zero-order valence-electron chi connectivity index (χ0n) is 21.4. The number of halogens is 2. The van der Waals surface area contributed by atoms with E-state index in [4.69, 9.17) is 13.9 Å². The fraction of sp³-hybridized carbons (Fsp3) is 0.125. The quantitative estimate of drug-likeness (QED) is 0.177. The van der Waals surface area contributed by atoms with Crippen LogP contribution in [0.2, 0.25) is 0 Å². The number of fused-ring (bicyclic) bond motifs is 2. The van der Waals surface area contributed by atoms with Gasteiger partial charge < -0.3 is 13.9 Å². The Hall–Kier alpha value is -3.88. The molecular formula is C32H23Br2NO5. The monoisotopic (exact) mass is 659 g/mol. The molecule has 0 fully saturated rings. The molecule has 40 heavy (non-hydrogen) atoms. The number of hydrogen-bond donors (Lipinski definition) is 0. The summed E-state index contributed by atoms with van der Waals surface area (Å²) in [5.74, 6) is 0.755. The van der Waals surface area contributed by atoms with E-state index in [1.807, 2.05) is 79.7 Å². The van der Waals surface area contributed by atoms with E-state index in [2.05, 4.69) is 31.9 Å². The SMILES string of the molecule is CCOc1cc(C2c3c(oc4ccc(Br)cc4c3=O)C(=O)N2c2ccc(Br)cc2)ccc1OCc1ccccc1. The molecule has 200 valence electrons. The van der Waals surface area contributed by atoms with Gasteiger partial charge in [0.25, 0.3) is 5.91 Å². The predicted octanol–water partition coefficient (Wildman–Crippen LogP) is 8.05. The molecule has 0 bridgehead atoms. The number of benzene rings is 4. The fourth-order valence-corrected chi connectivity index (χ4v) is 5.57. The standard InChI is InChI=1S/C32H23Br2NO5/c1-2-38-27-16-20(8-14-26(27)39-18-19-6-4-3-5-7-19)29-28-30(36)24-17-22(34)11-15-25(24)40-31(28)32(37)35(29)23-12-9-21(33)10-13-23/h3-17,29H,2,18H2,1H3. The van der Waals surface area contributed by atoms with Crippen molar-refractivity contribution < 1.29 is 18.7 Å². The van der Waals surface area contributed by atoms with Crippen molar-refractivity contribution >= 4 is 54.4 Å². The van der Waals surface area contributed by atoms with Gasteiger partial charge in [0.15, 0.2) is 16.9 Å². The van der Waals surface area contributed by atoms with Gasteiger partial charge in [-0.15, -0.1) is 0 Å². The first-order valence-corrected chi connectivity index (χ1v) is 14.3. The number of nitrogens with zero attached hydrogens (tertiary/aromatic N) is 1. The van der Waals surface area contributed by atoms with Gasteiger partial charge in [0, 0.05) is 14.6 Å². The van der Waals surface area contributed by atoms with Crippen molar-refractivity contribution in [2.24, 2.45) is 0 Å². The highest BCUT2D eigenvalue weighted by Crippen LogP contribution is 2.43. The van der Waals surface area contributed by atoms with Gasteiger partial charge in [-0.2, -0.15) is 0 Å². The molecule has 1 unspecified atom stereocenters. The highest BCUT2D eigenvalue weighted by Gasteiger charge is 2.44. The van der Waals surface area contributed by atoms with Gasteiger partial charge in [-0.05, 0) is 72.6 Å². The lowest BCUT2D eigenvalue weighted by molar-refractivity contribution is 0.0971. The van der Waals surface area contributed by atoms with Crippen LogP contribution in [0, 0.1) is 0 Å². The van der Waals surface area contributed by atoms with Gasteiger partial charge in [-0.1, -0.05) is 68.3 Å². The average molecular weight is 661 g/mol. The summed E-state index contributed by atoms with van der Waals surface area (Å²) >= 11 is 6.91. The lowest BCUT2D eigenvalue weighted by atomic mass is 9.97. The number of ether oxygens (including phenoxy) is 2. The predicted molar refractivity (Wildman–Crippen MR) is 161 cm³/mol. The van der Waals surface area contributed by atoms with Crippen LogP contribution in [-0.4, -0.2) is 12.5 Å². The minimum absolute atomic E-state index is 0.0371. The minimum Gasteiger partial charge on any atom is -0.490 e. The first-order chi connectivity index (χ1) is 19.4. The lowest BCUT2D eigenvalue weighted by Gasteiger charge is -2.26. The molecule has 6 rings (SSSR count). The van der Waals surface area contributed by atoms with E-state index in [1.165, 1.54) is 0 Å². The van der Waals surface area contributed by atoms with E-state index in [9.17, 15) is 9.59 Å². The maximum atomic E-state index is 13.9. The molecule has 0 N–H and O–H groups in total. The molecule has 6 nitrogen and oxygen atoms in total. The van der Waals surface area contributed by atoms with Crippen LogP contribution in [0.4, 0.5) is 5.69 Å². The Kier molecular flexibility index (Phi) is 7.21. The van der Waals surface area contributed by atoms with E-state index >= 15 is 0 Å². The Morgan fingerprint density at radius 1 is 0.825 bits per heavy atom. The zero-order valence-corrected chi connectivity index (χ0v) is 24.6. The number of carbonyl (C=O) groups excluding carboxylic acids is 1. The minimum atomic E-state index is -0.731. The van der Waals surface area contributed by atoms with Crippen LogP contribution >= 0.6 is 31.9 Å².